The lowest BCUT2D eigenvalue weighted by molar-refractivity contribution is 0.114. The number of halogens is 1. The van der Waals surface area contributed by atoms with Gasteiger partial charge in [0.2, 0.25) is 0 Å². The molecule has 68 valence electrons. The number of rotatable bonds is 3. The van der Waals surface area contributed by atoms with E-state index in [2.05, 4.69) is 5.32 Å². The lowest BCUT2D eigenvalue weighted by Crippen LogP contribution is -2.37. The summed E-state index contributed by atoms with van der Waals surface area (Å²) in [7, 11) is 0. The molecule has 0 aromatic heterocycles. The molecule has 0 spiro atoms. The van der Waals surface area contributed by atoms with Crippen LogP contribution >= 0.6 is 12.4 Å². The zero-order valence-electron chi connectivity index (χ0n) is 7.14. The summed E-state index contributed by atoms with van der Waals surface area (Å²) in [5, 5.41) is 3.43. The number of hydrogen-bond donors (Lipinski definition) is 1. The molecule has 1 atom stereocenters. The maximum atomic E-state index is 5.31. The molecule has 1 aliphatic heterocycles. The minimum Gasteiger partial charge on any atom is -0.380 e. The summed E-state index contributed by atoms with van der Waals surface area (Å²) in [6.07, 6.45) is 3.99. The van der Waals surface area contributed by atoms with Gasteiger partial charge in [0.05, 0.1) is 6.61 Å². The Labute approximate surface area is 75.1 Å². The Balaban J connectivity index is 0.000001000. The highest BCUT2D eigenvalue weighted by Crippen LogP contribution is 2.06. The Bertz CT molecular complexity index is 84.2. The lowest BCUT2D eigenvalue weighted by atomic mass is 10.1. The third-order valence-corrected chi connectivity index (χ3v) is 1.94. The van der Waals surface area contributed by atoms with Gasteiger partial charge in [-0.1, -0.05) is 6.42 Å². The molecule has 1 aliphatic rings. The van der Waals surface area contributed by atoms with Gasteiger partial charge in [-0.15, -0.1) is 12.4 Å². The fraction of sp³-hybridized carbons (Fsp3) is 1.00. The molecule has 3 heteroatoms. The van der Waals surface area contributed by atoms with E-state index in [0.29, 0.717) is 6.04 Å². The third-order valence-electron chi connectivity index (χ3n) is 1.94. The van der Waals surface area contributed by atoms with Gasteiger partial charge in [-0.3, -0.25) is 0 Å². The predicted octanol–water partition coefficient (Wildman–Crippen LogP) is 1.59. The minimum atomic E-state index is 0. The molecule has 0 aromatic rings. The van der Waals surface area contributed by atoms with Crippen molar-refractivity contribution in [1.82, 2.24) is 5.32 Å². The summed E-state index contributed by atoms with van der Waals surface area (Å²) in [6.45, 7) is 4.97. The normalized spacial score (nSPS) is 24.3. The summed E-state index contributed by atoms with van der Waals surface area (Å²) >= 11 is 0. The summed E-state index contributed by atoms with van der Waals surface area (Å²) in [5.74, 6) is 0. The topological polar surface area (TPSA) is 21.3 Å². The van der Waals surface area contributed by atoms with Gasteiger partial charge >= 0.3 is 0 Å². The van der Waals surface area contributed by atoms with E-state index in [1.807, 2.05) is 6.92 Å². The van der Waals surface area contributed by atoms with E-state index in [1.165, 1.54) is 25.8 Å². The van der Waals surface area contributed by atoms with Crippen LogP contribution in [0, 0.1) is 0 Å². The van der Waals surface area contributed by atoms with Crippen molar-refractivity contribution in [3.8, 4) is 0 Å². The van der Waals surface area contributed by atoms with Crippen molar-refractivity contribution in [2.75, 3.05) is 19.8 Å². The highest BCUT2D eigenvalue weighted by molar-refractivity contribution is 5.85. The molecule has 11 heavy (non-hydrogen) atoms. The Kier molecular flexibility index (Phi) is 7.02. The fourth-order valence-electron chi connectivity index (χ4n) is 1.33. The molecule has 1 saturated heterocycles. The molecule has 2 nitrogen and oxygen atoms in total. The summed E-state index contributed by atoms with van der Waals surface area (Å²) in [5.41, 5.74) is 0. The first-order chi connectivity index (χ1) is 4.93. The summed E-state index contributed by atoms with van der Waals surface area (Å²) in [6, 6.07) is 0.633. The number of nitrogens with one attached hydrogen (secondary N) is 1. The van der Waals surface area contributed by atoms with Gasteiger partial charge < -0.3 is 10.1 Å². The average molecular weight is 180 g/mol. The second kappa shape index (κ2) is 6.89. The Morgan fingerprint density at radius 2 is 2.27 bits per heavy atom. The molecule has 1 heterocycles. The maximum Gasteiger partial charge on any atom is 0.0619 e. The quantitative estimate of drug-likeness (QED) is 0.711. The standard InChI is InChI=1S/C8H17NO.ClH/c1-2-10-7-8-5-3-4-6-9-8;/h8-9H,2-7H2,1H3;1H. The summed E-state index contributed by atoms with van der Waals surface area (Å²) < 4.78 is 5.31. The van der Waals surface area contributed by atoms with Crippen LogP contribution < -0.4 is 5.32 Å². The Morgan fingerprint density at radius 1 is 1.45 bits per heavy atom. The zero-order valence-corrected chi connectivity index (χ0v) is 7.95. The van der Waals surface area contributed by atoms with Crippen molar-refractivity contribution >= 4 is 12.4 Å². The zero-order chi connectivity index (χ0) is 7.23. The summed E-state index contributed by atoms with van der Waals surface area (Å²) in [4.78, 5) is 0. The van der Waals surface area contributed by atoms with Gasteiger partial charge in [0, 0.05) is 12.6 Å². The first-order valence-electron chi connectivity index (χ1n) is 4.24. The number of hydrogen-bond acceptors (Lipinski definition) is 2. The van der Waals surface area contributed by atoms with E-state index in [-0.39, 0.29) is 12.4 Å². The monoisotopic (exact) mass is 179 g/mol. The highest BCUT2D eigenvalue weighted by Gasteiger charge is 2.11. The first kappa shape index (κ1) is 11.2. The van der Waals surface area contributed by atoms with E-state index >= 15 is 0 Å². The van der Waals surface area contributed by atoms with E-state index in [1.54, 1.807) is 0 Å². The average Bonchev–Trinajstić information content (AvgIpc) is 2.03. The maximum absolute atomic E-state index is 5.31. The molecule has 0 radical (unpaired) electrons. The highest BCUT2D eigenvalue weighted by atomic mass is 35.5. The van der Waals surface area contributed by atoms with Crippen LogP contribution in [0.5, 0.6) is 0 Å². The largest absolute Gasteiger partial charge is 0.380 e. The Hall–Kier alpha value is 0.210. The van der Waals surface area contributed by atoms with E-state index < -0.39 is 0 Å². The van der Waals surface area contributed by atoms with Crippen LogP contribution in [0.15, 0.2) is 0 Å². The van der Waals surface area contributed by atoms with Crippen molar-refractivity contribution in [3.63, 3.8) is 0 Å². The van der Waals surface area contributed by atoms with Gasteiger partial charge in [0.1, 0.15) is 0 Å². The lowest BCUT2D eigenvalue weighted by Gasteiger charge is -2.22. The Morgan fingerprint density at radius 3 is 2.82 bits per heavy atom. The van der Waals surface area contributed by atoms with Crippen molar-refractivity contribution in [2.24, 2.45) is 0 Å². The second-order valence-corrected chi connectivity index (χ2v) is 2.81. The fourth-order valence-corrected chi connectivity index (χ4v) is 1.33. The molecule has 0 saturated carbocycles. The predicted molar refractivity (Wildman–Crippen MR) is 49.4 cm³/mol. The van der Waals surface area contributed by atoms with Crippen LogP contribution in [0.1, 0.15) is 26.2 Å². The first-order valence-corrected chi connectivity index (χ1v) is 4.24. The molecule has 1 N–H and O–H groups in total. The molecule has 0 bridgehead atoms. The van der Waals surface area contributed by atoms with Crippen LogP contribution in [-0.2, 0) is 4.74 Å². The van der Waals surface area contributed by atoms with Crippen molar-refractivity contribution in [3.05, 3.63) is 0 Å². The third kappa shape index (κ3) is 4.62. The van der Waals surface area contributed by atoms with Gasteiger partial charge in [-0.25, -0.2) is 0 Å². The van der Waals surface area contributed by atoms with Crippen LogP contribution in [0.2, 0.25) is 0 Å². The van der Waals surface area contributed by atoms with E-state index in [9.17, 15) is 0 Å². The van der Waals surface area contributed by atoms with E-state index in [4.69, 9.17) is 4.74 Å². The molecule has 0 aliphatic carbocycles. The minimum absolute atomic E-state index is 0. The SMILES string of the molecule is CCOCC1CCCCN1.Cl. The van der Waals surface area contributed by atoms with Gasteiger partial charge in [-0.2, -0.15) is 0 Å². The van der Waals surface area contributed by atoms with Crippen molar-refractivity contribution < 1.29 is 4.74 Å². The van der Waals surface area contributed by atoms with Gasteiger partial charge in [0.25, 0.3) is 0 Å². The second-order valence-electron chi connectivity index (χ2n) is 2.81. The van der Waals surface area contributed by atoms with Crippen LogP contribution in [0.3, 0.4) is 0 Å². The van der Waals surface area contributed by atoms with E-state index in [0.717, 1.165) is 13.2 Å². The van der Waals surface area contributed by atoms with Crippen molar-refractivity contribution in [1.29, 1.82) is 0 Å². The molecule has 1 fully saturated rings. The van der Waals surface area contributed by atoms with Crippen molar-refractivity contribution in [2.45, 2.75) is 32.2 Å². The van der Waals surface area contributed by atoms with Gasteiger partial charge in [-0.05, 0) is 26.3 Å². The van der Waals surface area contributed by atoms with Crippen LogP contribution in [0.4, 0.5) is 0 Å². The smallest absolute Gasteiger partial charge is 0.0619 e. The molecule has 0 amide bonds. The molecule has 1 unspecified atom stereocenters. The van der Waals surface area contributed by atoms with Gasteiger partial charge in [0.15, 0.2) is 0 Å². The van der Waals surface area contributed by atoms with Crippen LogP contribution in [0.25, 0.3) is 0 Å². The number of ether oxygens (including phenoxy) is 1. The number of piperidine rings is 1. The molecule has 0 aromatic carbocycles. The molecular weight excluding hydrogens is 162 g/mol. The van der Waals surface area contributed by atoms with Crippen LogP contribution in [-0.4, -0.2) is 25.8 Å². The molecular formula is C8H18ClNO. The molecule has 1 rings (SSSR count).